The Morgan fingerprint density at radius 2 is 2.05 bits per heavy atom. The third-order valence-electron chi connectivity index (χ3n) is 2.16. The Morgan fingerprint density at radius 1 is 1.33 bits per heavy atom. The first-order chi connectivity index (χ1) is 9.99. The van der Waals surface area contributed by atoms with E-state index in [-0.39, 0.29) is 38.5 Å². The topological polar surface area (TPSA) is 161 Å². The van der Waals surface area contributed by atoms with Crippen LogP contribution in [0.1, 0.15) is 10.5 Å². The van der Waals surface area contributed by atoms with Gasteiger partial charge in [0.25, 0.3) is 0 Å². The average Bonchev–Trinajstić information content (AvgIpc) is 2.87. The Morgan fingerprint density at radius 3 is 2.67 bits per heavy atom. The molecule has 116 valence electrons. The van der Waals surface area contributed by atoms with E-state index in [0.717, 1.165) is 0 Å². The fourth-order valence-electron chi connectivity index (χ4n) is 1.26. The first-order valence-corrected chi connectivity index (χ1v) is 6.00. The first kappa shape index (κ1) is 16.4. The van der Waals surface area contributed by atoms with Gasteiger partial charge in [-0.1, -0.05) is 5.21 Å². The third-order valence-corrected chi connectivity index (χ3v) is 2.16. The molecule has 0 bridgehead atoms. The van der Waals surface area contributed by atoms with Crippen molar-refractivity contribution < 1.29 is 24.2 Å². The number of ether oxygens (including phenoxy) is 1. The van der Waals surface area contributed by atoms with Crippen molar-refractivity contribution in [3.8, 4) is 0 Å². The molecular formula is C10H16N6O5. The van der Waals surface area contributed by atoms with Crippen LogP contribution in [0.5, 0.6) is 0 Å². The van der Waals surface area contributed by atoms with Crippen molar-refractivity contribution in [2.24, 2.45) is 5.73 Å². The Labute approximate surface area is 119 Å². The lowest BCUT2D eigenvalue weighted by atomic mass is 10.5. The highest BCUT2D eigenvalue weighted by molar-refractivity contribution is 5.84. The molecule has 1 aromatic heterocycles. The molecule has 0 aliphatic rings. The van der Waals surface area contributed by atoms with Crippen molar-refractivity contribution in [2.75, 3.05) is 26.3 Å². The molecule has 0 radical (unpaired) electrons. The molecule has 0 unspecified atom stereocenters. The number of nitrogens with zero attached hydrogens (tertiary/aromatic N) is 3. The summed E-state index contributed by atoms with van der Waals surface area (Å²) in [7, 11) is 0. The number of hydrogen-bond donors (Lipinski definition) is 4. The van der Waals surface area contributed by atoms with Crippen LogP contribution >= 0.6 is 0 Å². The minimum atomic E-state index is -1.16. The van der Waals surface area contributed by atoms with Crippen molar-refractivity contribution in [3.05, 3.63) is 11.9 Å². The molecule has 1 aromatic rings. The van der Waals surface area contributed by atoms with Gasteiger partial charge in [-0.15, -0.1) is 5.10 Å². The monoisotopic (exact) mass is 300 g/mol. The number of carbonyl (C=O) groups is 3. The second kappa shape index (κ2) is 8.47. The van der Waals surface area contributed by atoms with Crippen LogP contribution in [0.25, 0.3) is 0 Å². The smallest absolute Gasteiger partial charge is 0.358 e. The van der Waals surface area contributed by atoms with Crippen LogP contribution in [0.3, 0.4) is 0 Å². The molecule has 0 fully saturated rings. The predicted octanol–water partition coefficient (Wildman–Crippen LogP) is -2.22. The van der Waals surface area contributed by atoms with Crippen molar-refractivity contribution in [2.45, 2.75) is 6.54 Å². The van der Waals surface area contributed by atoms with Crippen molar-refractivity contribution in [3.63, 3.8) is 0 Å². The van der Waals surface area contributed by atoms with Gasteiger partial charge in [-0.05, 0) is 0 Å². The molecule has 0 atom stereocenters. The van der Waals surface area contributed by atoms with E-state index in [4.69, 9.17) is 15.6 Å². The largest absolute Gasteiger partial charge is 0.476 e. The highest BCUT2D eigenvalue weighted by atomic mass is 16.5. The molecule has 0 spiro atoms. The fraction of sp³-hybridized carbons (Fsp3) is 0.500. The minimum absolute atomic E-state index is 0.161. The molecular weight excluding hydrogens is 284 g/mol. The number of carbonyl (C=O) groups excluding carboxylic acids is 2. The summed E-state index contributed by atoms with van der Waals surface area (Å²) in [5.74, 6) is -1.74. The van der Waals surface area contributed by atoms with E-state index in [1.54, 1.807) is 0 Å². The highest BCUT2D eigenvalue weighted by Crippen LogP contribution is 1.91. The van der Waals surface area contributed by atoms with Crippen LogP contribution in [0.4, 0.5) is 4.79 Å². The molecule has 0 aliphatic heterocycles. The van der Waals surface area contributed by atoms with Crippen molar-refractivity contribution in [1.29, 1.82) is 0 Å². The summed E-state index contributed by atoms with van der Waals surface area (Å²) in [5, 5.41) is 20.7. The average molecular weight is 300 g/mol. The lowest BCUT2D eigenvalue weighted by Crippen LogP contribution is -2.39. The van der Waals surface area contributed by atoms with E-state index in [9.17, 15) is 14.4 Å². The Hall–Kier alpha value is -2.69. The van der Waals surface area contributed by atoms with E-state index in [0.29, 0.717) is 0 Å². The van der Waals surface area contributed by atoms with E-state index in [1.807, 2.05) is 0 Å². The maximum Gasteiger partial charge on any atom is 0.358 e. The van der Waals surface area contributed by atoms with Gasteiger partial charge >= 0.3 is 12.0 Å². The maximum absolute atomic E-state index is 11.3. The summed E-state index contributed by atoms with van der Waals surface area (Å²) in [4.78, 5) is 32.3. The third kappa shape index (κ3) is 6.87. The maximum atomic E-state index is 11.3. The van der Waals surface area contributed by atoms with Crippen molar-refractivity contribution in [1.82, 2.24) is 25.6 Å². The summed E-state index contributed by atoms with van der Waals surface area (Å²) >= 11 is 0. The van der Waals surface area contributed by atoms with Gasteiger partial charge in [0.05, 0.1) is 19.3 Å². The van der Waals surface area contributed by atoms with Gasteiger partial charge in [0, 0.05) is 13.1 Å². The molecule has 5 N–H and O–H groups in total. The molecule has 0 aliphatic carbocycles. The van der Waals surface area contributed by atoms with E-state index >= 15 is 0 Å². The minimum Gasteiger partial charge on any atom is -0.476 e. The molecule has 1 rings (SSSR count). The molecule has 3 amide bonds. The quantitative estimate of drug-likeness (QED) is 0.375. The fourth-order valence-corrected chi connectivity index (χ4v) is 1.26. The number of aromatic nitrogens is 3. The number of carboxylic acid groups (broad SMARTS) is 1. The van der Waals surface area contributed by atoms with Crippen LogP contribution < -0.4 is 16.4 Å². The molecule has 11 heteroatoms. The number of nitrogens with one attached hydrogen (secondary N) is 2. The Balaban J connectivity index is 2.10. The van der Waals surface area contributed by atoms with Gasteiger partial charge in [0.15, 0.2) is 5.69 Å². The number of amides is 3. The van der Waals surface area contributed by atoms with Crippen molar-refractivity contribution >= 4 is 17.9 Å². The summed E-state index contributed by atoms with van der Waals surface area (Å²) in [6.07, 6.45) is 1.26. The molecule has 0 aromatic carbocycles. The Bertz CT molecular complexity index is 502. The standard InChI is InChI=1S/C10H16N6O5/c11-8(17)6-21-4-2-13-10(20)12-1-3-16-5-7(9(18)19)14-15-16/h5H,1-4,6H2,(H2,11,17)(H,18,19)(H2,12,13,20). The number of hydrogen-bond acceptors (Lipinski definition) is 6. The number of urea groups is 1. The van der Waals surface area contributed by atoms with Crippen LogP contribution in [0.15, 0.2) is 6.20 Å². The summed E-state index contributed by atoms with van der Waals surface area (Å²) in [6.45, 7) is 0.733. The van der Waals surface area contributed by atoms with Gasteiger partial charge in [-0.2, -0.15) is 0 Å². The zero-order valence-corrected chi connectivity index (χ0v) is 11.1. The van der Waals surface area contributed by atoms with Gasteiger partial charge in [-0.3, -0.25) is 4.79 Å². The normalized spacial score (nSPS) is 10.1. The molecule has 0 saturated heterocycles. The molecule has 1 heterocycles. The number of aromatic carboxylic acids is 1. The lowest BCUT2D eigenvalue weighted by Gasteiger charge is -2.07. The van der Waals surface area contributed by atoms with Gasteiger partial charge in [0.1, 0.15) is 6.61 Å². The Kier molecular flexibility index (Phi) is 6.60. The second-order valence-electron chi connectivity index (χ2n) is 3.87. The van der Waals surface area contributed by atoms with Crippen LogP contribution in [0, 0.1) is 0 Å². The van der Waals surface area contributed by atoms with Crippen LogP contribution in [0.2, 0.25) is 0 Å². The molecule has 0 saturated carbocycles. The highest BCUT2D eigenvalue weighted by Gasteiger charge is 2.08. The van der Waals surface area contributed by atoms with E-state index in [1.165, 1.54) is 10.9 Å². The van der Waals surface area contributed by atoms with Crippen LogP contribution in [-0.4, -0.2) is 64.3 Å². The number of nitrogens with two attached hydrogens (primary N) is 1. The summed E-state index contributed by atoms with van der Waals surface area (Å²) < 4.78 is 6.15. The van der Waals surface area contributed by atoms with Gasteiger partial charge < -0.3 is 26.2 Å². The number of primary amides is 1. The molecule has 11 nitrogen and oxygen atoms in total. The van der Waals surface area contributed by atoms with Gasteiger partial charge in [0.2, 0.25) is 5.91 Å². The van der Waals surface area contributed by atoms with E-state index < -0.39 is 17.9 Å². The first-order valence-electron chi connectivity index (χ1n) is 6.00. The second-order valence-corrected chi connectivity index (χ2v) is 3.87. The number of carboxylic acids is 1. The summed E-state index contributed by atoms with van der Waals surface area (Å²) in [6, 6.07) is -0.420. The van der Waals surface area contributed by atoms with Gasteiger partial charge in [-0.25, -0.2) is 14.3 Å². The zero-order valence-electron chi connectivity index (χ0n) is 11.1. The van der Waals surface area contributed by atoms with Crippen LogP contribution in [-0.2, 0) is 16.1 Å². The lowest BCUT2D eigenvalue weighted by molar-refractivity contribution is -0.122. The molecule has 21 heavy (non-hydrogen) atoms. The summed E-state index contributed by atoms with van der Waals surface area (Å²) in [5.41, 5.74) is 4.70. The predicted molar refractivity (Wildman–Crippen MR) is 68.4 cm³/mol. The zero-order chi connectivity index (χ0) is 15.7. The SMILES string of the molecule is NC(=O)COCCNC(=O)NCCn1cc(C(=O)O)nn1. The number of rotatable bonds is 9. The van der Waals surface area contributed by atoms with E-state index in [2.05, 4.69) is 20.9 Å².